The number of piperidine rings is 1. The number of benzene rings is 1. The van der Waals surface area contributed by atoms with Crippen molar-refractivity contribution in [3.63, 3.8) is 0 Å². The van der Waals surface area contributed by atoms with Gasteiger partial charge in [-0.15, -0.1) is 11.3 Å². The van der Waals surface area contributed by atoms with E-state index in [0.717, 1.165) is 11.3 Å². The number of carbonyl (C=O) groups excluding carboxylic acids is 1. The Kier molecular flexibility index (Phi) is 6.31. The highest BCUT2D eigenvalue weighted by atomic mass is 32.2. The van der Waals surface area contributed by atoms with Crippen LogP contribution in [-0.2, 0) is 14.8 Å². The fraction of sp³-hybridized carbons (Fsp3) is 0.421. The van der Waals surface area contributed by atoms with Crippen molar-refractivity contribution in [1.29, 1.82) is 0 Å². The Labute approximate surface area is 164 Å². The summed E-state index contributed by atoms with van der Waals surface area (Å²) < 4.78 is 27.8. The Bertz CT molecular complexity index is 873. The first-order valence-corrected chi connectivity index (χ1v) is 11.4. The van der Waals surface area contributed by atoms with Crippen LogP contribution in [0.2, 0.25) is 0 Å². The van der Waals surface area contributed by atoms with Crippen molar-refractivity contribution < 1.29 is 13.2 Å². The van der Waals surface area contributed by atoms with Crippen LogP contribution in [-0.4, -0.2) is 44.4 Å². The molecule has 0 bridgehead atoms. The van der Waals surface area contributed by atoms with E-state index < -0.39 is 10.0 Å². The van der Waals surface area contributed by atoms with E-state index in [9.17, 15) is 13.2 Å². The fourth-order valence-electron chi connectivity index (χ4n) is 3.23. The number of likely N-dealkylation sites (tertiary alicyclic amines) is 1. The minimum absolute atomic E-state index is 0.0433. The van der Waals surface area contributed by atoms with Crippen molar-refractivity contribution >= 4 is 33.0 Å². The van der Waals surface area contributed by atoms with Crippen LogP contribution in [0.25, 0.3) is 0 Å². The Hall–Kier alpha value is -1.74. The Morgan fingerprint density at radius 1 is 1.22 bits per heavy atom. The molecule has 0 unspecified atom stereocenters. The number of nitrogens with one attached hydrogen (secondary N) is 2. The lowest BCUT2D eigenvalue weighted by molar-refractivity contribution is -0.121. The zero-order valence-corrected chi connectivity index (χ0v) is 17.1. The number of thiophene rings is 1. The molecule has 6 nitrogen and oxygen atoms in total. The summed E-state index contributed by atoms with van der Waals surface area (Å²) in [5.41, 5.74) is 1.89. The lowest BCUT2D eigenvalue weighted by Gasteiger charge is -2.35. The first kappa shape index (κ1) is 20.0. The Balaban J connectivity index is 1.51. The van der Waals surface area contributed by atoms with E-state index in [4.69, 9.17) is 0 Å². The fourth-order valence-corrected chi connectivity index (χ4v) is 5.55. The normalized spacial score (nSPS) is 17.6. The van der Waals surface area contributed by atoms with E-state index in [2.05, 4.69) is 14.9 Å². The molecule has 1 fully saturated rings. The summed E-state index contributed by atoms with van der Waals surface area (Å²) in [6.45, 7) is 5.24. The zero-order valence-electron chi connectivity index (χ0n) is 15.5. The van der Waals surface area contributed by atoms with Crippen LogP contribution in [0, 0.1) is 6.92 Å². The summed E-state index contributed by atoms with van der Waals surface area (Å²) in [6, 6.07) is 10.7. The molecule has 1 aliphatic rings. The van der Waals surface area contributed by atoms with E-state index in [1.165, 1.54) is 11.3 Å². The molecule has 146 valence electrons. The third-order valence-electron chi connectivity index (χ3n) is 4.82. The molecule has 2 N–H and O–H groups in total. The van der Waals surface area contributed by atoms with Gasteiger partial charge in [-0.05, 0) is 55.8 Å². The molecule has 1 aromatic heterocycles. The smallest absolute Gasteiger partial charge is 0.250 e. The van der Waals surface area contributed by atoms with E-state index in [0.29, 0.717) is 30.1 Å². The molecular formula is C19H25N3O3S2. The van der Waals surface area contributed by atoms with Gasteiger partial charge in [0.1, 0.15) is 4.21 Å². The Morgan fingerprint density at radius 3 is 2.59 bits per heavy atom. The van der Waals surface area contributed by atoms with Gasteiger partial charge >= 0.3 is 0 Å². The first-order chi connectivity index (χ1) is 12.8. The second-order valence-corrected chi connectivity index (χ2v) is 9.79. The van der Waals surface area contributed by atoms with Crippen LogP contribution in [0.5, 0.6) is 0 Å². The molecule has 0 radical (unpaired) electrons. The van der Waals surface area contributed by atoms with Crippen LogP contribution in [0.4, 0.5) is 5.69 Å². The number of amides is 1. The number of anilines is 1. The maximum atomic E-state index is 12.5. The summed E-state index contributed by atoms with van der Waals surface area (Å²) in [5.74, 6) is -0.0433. The number of sulfonamides is 1. The highest BCUT2D eigenvalue weighted by Crippen LogP contribution is 2.20. The average Bonchev–Trinajstić information content (AvgIpc) is 3.17. The maximum Gasteiger partial charge on any atom is 0.250 e. The second-order valence-electron chi connectivity index (χ2n) is 6.90. The monoisotopic (exact) mass is 407 g/mol. The first-order valence-electron chi connectivity index (χ1n) is 9.02. The predicted octanol–water partition coefficient (Wildman–Crippen LogP) is 2.83. The molecule has 1 saturated heterocycles. The maximum absolute atomic E-state index is 12.5. The number of aryl methyl sites for hydroxylation is 1. The van der Waals surface area contributed by atoms with Crippen molar-refractivity contribution in [2.75, 3.05) is 18.4 Å². The van der Waals surface area contributed by atoms with Gasteiger partial charge in [0.05, 0.1) is 6.04 Å². The quantitative estimate of drug-likeness (QED) is 0.772. The second kappa shape index (κ2) is 8.52. The van der Waals surface area contributed by atoms with Crippen molar-refractivity contribution in [1.82, 2.24) is 9.62 Å². The lowest BCUT2D eigenvalue weighted by Crippen LogP contribution is -2.50. The minimum Gasteiger partial charge on any atom is -0.325 e. The molecule has 2 heterocycles. The van der Waals surface area contributed by atoms with Crippen LogP contribution in [0.3, 0.4) is 0 Å². The summed E-state index contributed by atoms with van der Waals surface area (Å²) in [7, 11) is -3.44. The molecule has 27 heavy (non-hydrogen) atoms. The van der Waals surface area contributed by atoms with Gasteiger partial charge in [0.2, 0.25) is 15.9 Å². The molecule has 0 spiro atoms. The van der Waals surface area contributed by atoms with Gasteiger partial charge in [0, 0.05) is 24.8 Å². The molecule has 3 rings (SSSR count). The van der Waals surface area contributed by atoms with E-state index in [-0.39, 0.29) is 18.0 Å². The van der Waals surface area contributed by atoms with Crippen LogP contribution >= 0.6 is 11.3 Å². The van der Waals surface area contributed by atoms with Crippen molar-refractivity contribution in [3.8, 4) is 0 Å². The number of hydrogen-bond donors (Lipinski definition) is 2. The van der Waals surface area contributed by atoms with Crippen molar-refractivity contribution in [2.45, 2.75) is 43.0 Å². The number of rotatable bonds is 6. The van der Waals surface area contributed by atoms with Gasteiger partial charge in [-0.3, -0.25) is 9.69 Å². The number of hydrogen-bond acceptors (Lipinski definition) is 5. The largest absolute Gasteiger partial charge is 0.325 e. The van der Waals surface area contributed by atoms with Crippen molar-refractivity contribution in [3.05, 3.63) is 47.3 Å². The van der Waals surface area contributed by atoms with Crippen LogP contribution in [0.15, 0.2) is 46.0 Å². The van der Waals surface area contributed by atoms with Gasteiger partial charge < -0.3 is 5.32 Å². The molecule has 1 amide bonds. The molecule has 2 aromatic rings. The van der Waals surface area contributed by atoms with Gasteiger partial charge in [-0.1, -0.05) is 18.2 Å². The summed E-state index contributed by atoms with van der Waals surface area (Å²) in [4.78, 5) is 14.6. The van der Waals surface area contributed by atoms with Crippen LogP contribution < -0.4 is 10.0 Å². The van der Waals surface area contributed by atoms with E-state index in [1.807, 2.05) is 38.1 Å². The highest BCUT2D eigenvalue weighted by molar-refractivity contribution is 7.91. The van der Waals surface area contributed by atoms with Crippen LogP contribution in [0.1, 0.15) is 25.3 Å². The molecule has 0 aliphatic carbocycles. The van der Waals surface area contributed by atoms with E-state index in [1.54, 1.807) is 17.5 Å². The summed E-state index contributed by atoms with van der Waals surface area (Å²) in [5, 5.41) is 4.71. The molecule has 1 atom stereocenters. The van der Waals surface area contributed by atoms with Gasteiger partial charge in [-0.2, -0.15) is 0 Å². The van der Waals surface area contributed by atoms with E-state index >= 15 is 0 Å². The summed E-state index contributed by atoms with van der Waals surface area (Å²) >= 11 is 1.22. The third-order valence-corrected chi connectivity index (χ3v) is 7.74. The molecule has 1 aliphatic heterocycles. The standard InChI is InChI=1S/C19H25N3O3S2/c1-14-5-3-6-17(13-14)20-19(23)15(2)22-10-8-16(9-11-22)21-27(24,25)18-7-4-12-26-18/h3-7,12-13,15-16,21H,8-11H2,1-2H3,(H,20,23)/t15-/m0/s1. The SMILES string of the molecule is Cc1cccc(NC(=O)[C@H](C)N2CCC(NS(=O)(=O)c3cccs3)CC2)c1. The lowest BCUT2D eigenvalue weighted by atomic mass is 10.0. The molecule has 1 aromatic carbocycles. The molecule has 0 saturated carbocycles. The minimum atomic E-state index is -3.44. The average molecular weight is 408 g/mol. The zero-order chi connectivity index (χ0) is 19.4. The topological polar surface area (TPSA) is 78.5 Å². The van der Waals surface area contributed by atoms with Gasteiger partial charge in [0.25, 0.3) is 0 Å². The number of nitrogens with zero attached hydrogens (tertiary/aromatic N) is 1. The molecule has 8 heteroatoms. The van der Waals surface area contributed by atoms with Gasteiger partial charge in [0.15, 0.2) is 0 Å². The predicted molar refractivity (Wildman–Crippen MR) is 109 cm³/mol. The Morgan fingerprint density at radius 2 is 1.96 bits per heavy atom. The van der Waals surface area contributed by atoms with Crippen molar-refractivity contribution in [2.24, 2.45) is 0 Å². The molecular weight excluding hydrogens is 382 g/mol. The van der Waals surface area contributed by atoms with Gasteiger partial charge in [-0.25, -0.2) is 13.1 Å². The summed E-state index contributed by atoms with van der Waals surface area (Å²) in [6.07, 6.45) is 1.37. The number of carbonyl (C=O) groups is 1. The third kappa shape index (κ3) is 5.16. The highest BCUT2D eigenvalue weighted by Gasteiger charge is 2.29.